The van der Waals surface area contributed by atoms with Crippen LogP contribution in [0.15, 0.2) is 22.7 Å². The van der Waals surface area contributed by atoms with Crippen LogP contribution in [0, 0.1) is 10.1 Å². The Morgan fingerprint density at radius 3 is 2.91 bits per heavy atom. The predicted octanol–water partition coefficient (Wildman–Crippen LogP) is 1.81. The molecule has 1 saturated heterocycles. The Labute approximate surface area is 140 Å². The highest BCUT2D eigenvalue weighted by Gasteiger charge is 2.19. The van der Waals surface area contributed by atoms with Crippen molar-refractivity contribution < 1.29 is 24.0 Å². The van der Waals surface area contributed by atoms with Crippen LogP contribution in [0.3, 0.4) is 0 Å². The number of ether oxygens (including phenoxy) is 2. The van der Waals surface area contributed by atoms with Gasteiger partial charge >= 0.3 is 5.97 Å². The first-order valence-electron chi connectivity index (χ1n) is 6.96. The zero-order valence-electron chi connectivity index (χ0n) is 12.1. The first kappa shape index (κ1) is 17.4. The van der Waals surface area contributed by atoms with Gasteiger partial charge in [0, 0.05) is 19.2 Å². The van der Waals surface area contributed by atoms with Crippen molar-refractivity contribution in [3.05, 3.63) is 38.3 Å². The van der Waals surface area contributed by atoms with E-state index in [2.05, 4.69) is 21.2 Å². The van der Waals surface area contributed by atoms with E-state index in [9.17, 15) is 19.7 Å². The predicted molar refractivity (Wildman–Crippen MR) is 83.1 cm³/mol. The first-order valence-corrected chi connectivity index (χ1v) is 7.76. The van der Waals surface area contributed by atoms with E-state index >= 15 is 0 Å². The van der Waals surface area contributed by atoms with Crippen LogP contribution in [-0.4, -0.2) is 42.7 Å². The fourth-order valence-corrected chi connectivity index (χ4v) is 2.47. The number of rotatable bonds is 6. The highest BCUT2D eigenvalue weighted by atomic mass is 79.9. The third-order valence-electron chi connectivity index (χ3n) is 3.26. The van der Waals surface area contributed by atoms with E-state index in [-0.39, 0.29) is 21.8 Å². The van der Waals surface area contributed by atoms with Crippen molar-refractivity contribution >= 4 is 33.5 Å². The molecule has 0 aliphatic carbocycles. The Kier molecular flexibility index (Phi) is 6.05. The SMILES string of the molecule is O=C(COC(=O)c1ccc(Br)c([N+](=O)[O-])c1)NC[C@@H]1CCCO1. The summed E-state index contributed by atoms with van der Waals surface area (Å²) < 4.78 is 10.5. The van der Waals surface area contributed by atoms with Gasteiger partial charge < -0.3 is 14.8 Å². The quantitative estimate of drug-likeness (QED) is 0.453. The molecule has 1 amide bonds. The normalized spacial score (nSPS) is 16.8. The lowest BCUT2D eigenvalue weighted by molar-refractivity contribution is -0.385. The average molecular weight is 387 g/mol. The number of benzene rings is 1. The molecule has 2 rings (SSSR count). The van der Waals surface area contributed by atoms with Crippen LogP contribution in [0.1, 0.15) is 23.2 Å². The second-order valence-corrected chi connectivity index (χ2v) is 5.79. The molecule has 124 valence electrons. The van der Waals surface area contributed by atoms with Gasteiger partial charge in [-0.2, -0.15) is 0 Å². The van der Waals surface area contributed by atoms with E-state index in [1.54, 1.807) is 0 Å². The van der Waals surface area contributed by atoms with Crippen LogP contribution in [0.25, 0.3) is 0 Å². The van der Waals surface area contributed by atoms with Crippen LogP contribution in [-0.2, 0) is 14.3 Å². The van der Waals surface area contributed by atoms with E-state index in [4.69, 9.17) is 9.47 Å². The zero-order valence-corrected chi connectivity index (χ0v) is 13.7. The average Bonchev–Trinajstić information content (AvgIpc) is 3.04. The highest BCUT2D eigenvalue weighted by Crippen LogP contribution is 2.25. The number of nitrogens with zero attached hydrogens (tertiary/aromatic N) is 1. The summed E-state index contributed by atoms with van der Waals surface area (Å²) in [6, 6.07) is 3.85. The number of carbonyl (C=O) groups excluding carboxylic acids is 2. The Hall–Kier alpha value is -2.00. The molecule has 1 aliphatic heterocycles. The zero-order chi connectivity index (χ0) is 16.8. The topological polar surface area (TPSA) is 108 Å². The number of nitro groups is 1. The van der Waals surface area contributed by atoms with Gasteiger partial charge in [0.05, 0.1) is 21.1 Å². The molecule has 0 unspecified atom stereocenters. The van der Waals surface area contributed by atoms with Crippen LogP contribution in [0.5, 0.6) is 0 Å². The van der Waals surface area contributed by atoms with Crippen molar-refractivity contribution in [2.24, 2.45) is 0 Å². The molecular formula is C14H15BrN2O6. The van der Waals surface area contributed by atoms with Crippen molar-refractivity contribution in [3.8, 4) is 0 Å². The number of nitrogens with one attached hydrogen (secondary N) is 1. The molecule has 23 heavy (non-hydrogen) atoms. The van der Waals surface area contributed by atoms with Gasteiger partial charge in [-0.05, 0) is 40.9 Å². The van der Waals surface area contributed by atoms with Crippen molar-refractivity contribution in [2.45, 2.75) is 18.9 Å². The van der Waals surface area contributed by atoms with Crippen LogP contribution in [0.2, 0.25) is 0 Å². The molecule has 0 bridgehead atoms. The Morgan fingerprint density at radius 2 is 2.26 bits per heavy atom. The summed E-state index contributed by atoms with van der Waals surface area (Å²) in [6.45, 7) is 0.618. The van der Waals surface area contributed by atoms with Gasteiger partial charge in [0.2, 0.25) is 0 Å². The largest absolute Gasteiger partial charge is 0.452 e. The molecule has 1 heterocycles. The van der Waals surface area contributed by atoms with Crippen LogP contribution >= 0.6 is 15.9 Å². The van der Waals surface area contributed by atoms with Gasteiger partial charge in [0.25, 0.3) is 11.6 Å². The molecule has 1 aromatic carbocycles. The number of hydrogen-bond acceptors (Lipinski definition) is 6. The lowest BCUT2D eigenvalue weighted by atomic mass is 10.2. The summed E-state index contributed by atoms with van der Waals surface area (Å²) in [7, 11) is 0. The van der Waals surface area contributed by atoms with Crippen molar-refractivity contribution in [3.63, 3.8) is 0 Å². The molecule has 1 fully saturated rings. The van der Waals surface area contributed by atoms with Crippen molar-refractivity contribution in [2.75, 3.05) is 19.8 Å². The molecule has 8 nitrogen and oxygen atoms in total. The molecule has 1 N–H and O–H groups in total. The van der Waals surface area contributed by atoms with Gasteiger partial charge in [0.15, 0.2) is 6.61 Å². The molecule has 1 aromatic rings. The van der Waals surface area contributed by atoms with E-state index in [1.807, 2.05) is 0 Å². The third kappa shape index (κ3) is 5.00. The summed E-state index contributed by atoms with van der Waals surface area (Å²) in [5.74, 6) is -1.24. The second kappa shape index (κ2) is 8.02. The van der Waals surface area contributed by atoms with Crippen molar-refractivity contribution in [1.82, 2.24) is 5.32 Å². The van der Waals surface area contributed by atoms with E-state index < -0.39 is 23.4 Å². The molecule has 1 aliphatic rings. The number of halogens is 1. The molecule has 0 spiro atoms. The lowest BCUT2D eigenvalue weighted by Crippen LogP contribution is -2.34. The van der Waals surface area contributed by atoms with Gasteiger partial charge in [0.1, 0.15) is 0 Å². The van der Waals surface area contributed by atoms with Crippen LogP contribution < -0.4 is 5.32 Å². The smallest absolute Gasteiger partial charge is 0.338 e. The maximum Gasteiger partial charge on any atom is 0.338 e. The minimum Gasteiger partial charge on any atom is -0.452 e. The first-order chi connectivity index (χ1) is 11.0. The minimum atomic E-state index is -0.798. The maximum atomic E-state index is 11.8. The molecule has 0 radical (unpaired) electrons. The fourth-order valence-electron chi connectivity index (χ4n) is 2.08. The van der Waals surface area contributed by atoms with E-state index in [0.717, 1.165) is 18.9 Å². The van der Waals surface area contributed by atoms with E-state index in [0.29, 0.717) is 13.2 Å². The van der Waals surface area contributed by atoms with Crippen molar-refractivity contribution in [1.29, 1.82) is 0 Å². The fraction of sp³-hybridized carbons (Fsp3) is 0.429. The second-order valence-electron chi connectivity index (χ2n) is 4.94. The van der Waals surface area contributed by atoms with Gasteiger partial charge in [-0.15, -0.1) is 0 Å². The summed E-state index contributed by atoms with van der Waals surface area (Å²) in [5.41, 5.74) is -0.242. The third-order valence-corrected chi connectivity index (χ3v) is 3.93. The number of hydrogen-bond donors (Lipinski definition) is 1. The van der Waals surface area contributed by atoms with E-state index in [1.165, 1.54) is 12.1 Å². The summed E-state index contributed by atoms with van der Waals surface area (Å²) in [6.07, 6.45) is 1.87. The molecule has 0 saturated carbocycles. The molecule has 0 aromatic heterocycles. The van der Waals surface area contributed by atoms with Crippen LogP contribution in [0.4, 0.5) is 5.69 Å². The Balaban J connectivity index is 1.83. The Bertz CT molecular complexity index is 615. The minimum absolute atomic E-state index is 0.00350. The van der Waals surface area contributed by atoms with Gasteiger partial charge in [-0.3, -0.25) is 14.9 Å². The standard InChI is InChI=1S/C14H15BrN2O6/c15-11-4-3-9(6-12(11)17(20)21)14(19)23-8-13(18)16-7-10-2-1-5-22-10/h3-4,6,10H,1-2,5,7-8H2,(H,16,18)/t10-/m0/s1. The van der Waals surface area contributed by atoms with Gasteiger partial charge in [-0.1, -0.05) is 0 Å². The summed E-state index contributed by atoms with van der Waals surface area (Å²) in [4.78, 5) is 33.6. The monoisotopic (exact) mass is 386 g/mol. The lowest BCUT2D eigenvalue weighted by Gasteiger charge is -2.11. The number of amides is 1. The van der Waals surface area contributed by atoms with Gasteiger partial charge in [-0.25, -0.2) is 4.79 Å². The number of nitro benzene ring substituents is 1. The highest BCUT2D eigenvalue weighted by molar-refractivity contribution is 9.10. The summed E-state index contributed by atoms with van der Waals surface area (Å²) in [5, 5.41) is 13.4. The Morgan fingerprint density at radius 1 is 1.48 bits per heavy atom. The number of carbonyl (C=O) groups is 2. The molecule has 9 heteroatoms. The number of esters is 1. The molecule has 1 atom stereocenters. The molecular weight excluding hydrogens is 372 g/mol. The summed E-state index contributed by atoms with van der Waals surface area (Å²) >= 11 is 3.03. The maximum absolute atomic E-state index is 11.8.